The van der Waals surface area contributed by atoms with Crippen molar-refractivity contribution in [1.82, 2.24) is 0 Å². The van der Waals surface area contributed by atoms with Gasteiger partial charge in [-0.25, -0.2) is 0 Å². The molecule has 1 saturated heterocycles. The van der Waals surface area contributed by atoms with Crippen LogP contribution < -0.4 is 5.73 Å². The van der Waals surface area contributed by atoms with Crippen LogP contribution in [-0.2, 0) is 9.53 Å². The normalized spacial score (nSPS) is 33.3. The molecule has 0 aromatic carbocycles. The topological polar surface area (TPSA) is 52.3 Å². The Morgan fingerprint density at radius 2 is 2.33 bits per heavy atom. The molecular weight excluding hydrogens is 142 g/mol. The Morgan fingerprint density at radius 1 is 1.78 bits per heavy atom. The third kappa shape index (κ3) is 1.56. The number of carbonyl (C=O) groups is 1. The fourth-order valence-electron chi connectivity index (χ4n) is 0.646. The minimum absolute atomic E-state index is 0. The molecule has 2 atom stereocenters. The van der Waals surface area contributed by atoms with Gasteiger partial charge in [-0.15, -0.1) is 12.4 Å². The molecule has 1 rings (SSSR count). The predicted octanol–water partition coefficient (Wildman–Crippen LogP) is -0.0716. The van der Waals surface area contributed by atoms with E-state index in [-0.39, 0.29) is 30.3 Å². The lowest BCUT2D eigenvalue weighted by atomic mass is 10.1. The second kappa shape index (κ2) is 3.03. The highest BCUT2D eigenvalue weighted by Gasteiger charge is 2.29. The number of ether oxygens (including phenoxy) is 1. The third-order valence-electron chi connectivity index (χ3n) is 1.37. The van der Waals surface area contributed by atoms with E-state index >= 15 is 0 Å². The molecular formula is C5H10ClNO2. The second-order valence-corrected chi connectivity index (χ2v) is 2.13. The van der Waals surface area contributed by atoms with Gasteiger partial charge < -0.3 is 10.5 Å². The molecule has 0 aromatic heterocycles. The van der Waals surface area contributed by atoms with Crippen LogP contribution in [0, 0.1) is 5.92 Å². The van der Waals surface area contributed by atoms with Gasteiger partial charge in [-0.3, -0.25) is 4.79 Å². The highest BCUT2D eigenvalue weighted by molar-refractivity contribution is 5.85. The monoisotopic (exact) mass is 151 g/mol. The fraction of sp³-hybridized carbons (Fsp3) is 0.800. The predicted molar refractivity (Wildman–Crippen MR) is 35.3 cm³/mol. The van der Waals surface area contributed by atoms with Gasteiger partial charge in [-0.2, -0.15) is 0 Å². The number of hydrogen-bond acceptors (Lipinski definition) is 3. The summed E-state index contributed by atoms with van der Waals surface area (Å²) in [6, 6.07) is -0.380. The molecule has 1 fully saturated rings. The van der Waals surface area contributed by atoms with Crippen molar-refractivity contribution in [2.75, 3.05) is 6.61 Å². The summed E-state index contributed by atoms with van der Waals surface area (Å²) in [6.07, 6.45) is 0. The zero-order valence-corrected chi connectivity index (χ0v) is 5.98. The highest BCUT2D eigenvalue weighted by Crippen LogP contribution is 2.10. The van der Waals surface area contributed by atoms with Crippen LogP contribution in [0.1, 0.15) is 6.92 Å². The molecule has 54 valence electrons. The molecule has 1 aliphatic rings. The Balaban J connectivity index is 0.000000640. The zero-order valence-electron chi connectivity index (χ0n) is 5.16. The standard InChI is InChI=1S/C5H9NO2.ClH/c1-3-2-8-5(7)4(3)6;/h3-4H,2,6H2,1H3;1H/t3?,4-;/m0./s1. The van der Waals surface area contributed by atoms with E-state index in [1.54, 1.807) is 0 Å². The summed E-state index contributed by atoms with van der Waals surface area (Å²) in [5.74, 6) is -0.0694. The van der Waals surface area contributed by atoms with Crippen molar-refractivity contribution < 1.29 is 9.53 Å². The maximum absolute atomic E-state index is 10.4. The van der Waals surface area contributed by atoms with Crippen LogP contribution in [0.3, 0.4) is 0 Å². The average molecular weight is 152 g/mol. The number of rotatable bonds is 0. The van der Waals surface area contributed by atoms with Crippen LogP contribution in [-0.4, -0.2) is 18.6 Å². The van der Waals surface area contributed by atoms with Crippen molar-refractivity contribution in [2.45, 2.75) is 13.0 Å². The van der Waals surface area contributed by atoms with Crippen molar-refractivity contribution in [1.29, 1.82) is 0 Å². The van der Waals surface area contributed by atoms with E-state index in [1.807, 2.05) is 6.92 Å². The van der Waals surface area contributed by atoms with Gasteiger partial charge in [-0.05, 0) is 0 Å². The molecule has 0 amide bonds. The number of hydrogen-bond donors (Lipinski definition) is 1. The summed E-state index contributed by atoms with van der Waals surface area (Å²) in [6.45, 7) is 2.38. The molecule has 4 heteroatoms. The number of carbonyl (C=O) groups excluding carboxylic acids is 1. The van der Waals surface area contributed by atoms with Crippen molar-refractivity contribution in [3.8, 4) is 0 Å². The Labute approximate surface area is 60.0 Å². The lowest BCUT2D eigenvalue weighted by Gasteiger charge is -1.98. The molecule has 1 unspecified atom stereocenters. The highest BCUT2D eigenvalue weighted by atomic mass is 35.5. The minimum Gasteiger partial charge on any atom is -0.464 e. The molecule has 0 spiro atoms. The van der Waals surface area contributed by atoms with E-state index in [9.17, 15) is 4.79 Å². The van der Waals surface area contributed by atoms with Crippen molar-refractivity contribution >= 4 is 18.4 Å². The van der Waals surface area contributed by atoms with Gasteiger partial charge in [-0.1, -0.05) is 6.92 Å². The fourth-order valence-corrected chi connectivity index (χ4v) is 0.646. The van der Waals surface area contributed by atoms with Crippen LogP contribution >= 0.6 is 12.4 Å². The first-order chi connectivity index (χ1) is 3.72. The molecule has 0 saturated carbocycles. The Kier molecular flexibility index (Phi) is 2.94. The molecule has 0 bridgehead atoms. The largest absolute Gasteiger partial charge is 0.464 e. The Hall–Kier alpha value is -0.280. The van der Waals surface area contributed by atoms with E-state index < -0.39 is 0 Å². The molecule has 2 N–H and O–H groups in total. The molecule has 1 aliphatic heterocycles. The van der Waals surface area contributed by atoms with Crippen LogP contribution in [0.15, 0.2) is 0 Å². The van der Waals surface area contributed by atoms with E-state index in [0.29, 0.717) is 6.61 Å². The smallest absolute Gasteiger partial charge is 0.323 e. The van der Waals surface area contributed by atoms with Gasteiger partial charge in [0.25, 0.3) is 0 Å². The number of cyclic esters (lactones) is 1. The van der Waals surface area contributed by atoms with Gasteiger partial charge in [0.15, 0.2) is 0 Å². The molecule has 0 aliphatic carbocycles. The lowest BCUT2D eigenvalue weighted by Crippen LogP contribution is -2.30. The molecule has 0 radical (unpaired) electrons. The summed E-state index contributed by atoms with van der Waals surface area (Å²) in [4.78, 5) is 10.4. The van der Waals surface area contributed by atoms with Crippen LogP contribution in [0.5, 0.6) is 0 Å². The Bertz CT molecular complexity index is 118. The summed E-state index contributed by atoms with van der Waals surface area (Å²) in [5, 5.41) is 0. The second-order valence-electron chi connectivity index (χ2n) is 2.13. The maximum Gasteiger partial charge on any atom is 0.323 e. The van der Waals surface area contributed by atoms with Crippen molar-refractivity contribution in [3.63, 3.8) is 0 Å². The van der Waals surface area contributed by atoms with Gasteiger partial charge in [0.05, 0.1) is 6.61 Å². The summed E-state index contributed by atoms with van der Waals surface area (Å²) < 4.78 is 4.61. The first-order valence-corrected chi connectivity index (χ1v) is 2.64. The number of halogens is 1. The van der Waals surface area contributed by atoms with E-state index in [2.05, 4.69) is 4.74 Å². The average Bonchev–Trinajstić information content (AvgIpc) is 1.98. The maximum atomic E-state index is 10.4. The first kappa shape index (κ1) is 8.72. The summed E-state index contributed by atoms with van der Waals surface area (Å²) in [5.41, 5.74) is 5.35. The molecule has 9 heavy (non-hydrogen) atoms. The van der Waals surface area contributed by atoms with Crippen LogP contribution in [0.2, 0.25) is 0 Å². The third-order valence-corrected chi connectivity index (χ3v) is 1.37. The molecule has 1 heterocycles. The molecule has 0 aromatic rings. The van der Waals surface area contributed by atoms with E-state index in [4.69, 9.17) is 5.73 Å². The van der Waals surface area contributed by atoms with Crippen molar-refractivity contribution in [3.05, 3.63) is 0 Å². The number of nitrogens with two attached hydrogens (primary N) is 1. The minimum atomic E-state index is -0.380. The zero-order chi connectivity index (χ0) is 6.15. The van der Waals surface area contributed by atoms with Crippen LogP contribution in [0.4, 0.5) is 0 Å². The SMILES string of the molecule is CC1COC(=O)[C@H]1N.Cl. The van der Waals surface area contributed by atoms with Crippen LogP contribution in [0.25, 0.3) is 0 Å². The van der Waals surface area contributed by atoms with Gasteiger partial charge in [0.1, 0.15) is 6.04 Å². The van der Waals surface area contributed by atoms with Gasteiger partial charge >= 0.3 is 5.97 Å². The summed E-state index contributed by atoms with van der Waals surface area (Å²) >= 11 is 0. The van der Waals surface area contributed by atoms with E-state index in [0.717, 1.165) is 0 Å². The quantitative estimate of drug-likeness (QED) is 0.493. The van der Waals surface area contributed by atoms with Gasteiger partial charge in [0, 0.05) is 5.92 Å². The molecule has 3 nitrogen and oxygen atoms in total. The summed E-state index contributed by atoms with van der Waals surface area (Å²) in [7, 11) is 0. The van der Waals surface area contributed by atoms with Crippen molar-refractivity contribution in [2.24, 2.45) is 11.7 Å². The van der Waals surface area contributed by atoms with Gasteiger partial charge in [0.2, 0.25) is 0 Å². The number of esters is 1. The first-order valence-electron chi connectivity index (χ1n) is 2.64. The van der Waals surface area contributed by atoms with E-state index in [1.165, 1.54) is 0 Å². The Morgan fingerprint density at radius 3 is 2.44 bits per heavy atom. The lowest BCUT2D eigenvalue weighted by molar-refractivity contribution is -0.139.